The highest BCUT2D eigenvalue weighted by Gasteiger charge is 2.57. The highest BCUT2D eigenvalue weighted by atomic mass is 16.5. The Kier molecular flexibility index (Phi) is 4.95. The van der Waals surface area contributed by atoms with Gasteiger partial charge in [0, 0.05) is 12.6 Å². The molecule has 1 aromatic rings. The summed E-state index contributed by atoms with van der Waals surface area (Å²) in [6, 6.07) is 6.89. The second-order valence-corrected chi connectivity index (χ2v) is 9.49. The summed E-state index contributed by atoms with van der Waals surface area (Å²) in [7, 11) is 1.75. The summed E-state index contributed by atoms with van der Waals surface area (Å²) >= 11 is 0. The van der Waals surface area contributed by atoms with Crippen molar-refractivity contribution in [2.24, 2.45) is 17.3 Å². The number of methoxy groups -OCH3 is 1. The van der Waals surface area contributed by atoms with Crippen LogP contribution in [0.1, 0.15) is 49.7 Å². The van der Waals surface area contributed by atoms with E-state index in [1.807, 2.05) is 0 Å². The molecule has 6 atom stereocenters. The van der Waals surface area contributed by atoms with Gasteiger partial charge < -0.3 is 15.2 Å². The minimum Gasteiger partial charge on any atom is -0.497 e. The average molecular weight is 379 g/mol. The molecule has 5 radical (unpaired) electrons. The van der Waals surface area contributed by atoms with Gasteiger partial charge in [-0.25, -0.2) is 0 Å². The lowest BCUT2D eigenvalue weighted by Crippen LogP contribution is -2.47. The second-order valence-electron chi connectivity index (χ2n) is 9.49. The first kappa shape index (κ1) is 18.9. The summed E-state index contributed by atoms with van der Waals surface area (Å²) in [5.74, 6) is 4.24. The van der Waals surface area contributed by atoms with Gasteiger partial charge in [0.1, 0.15) is 5.75 Å². The van der Waals surface area contributed by atoms with Crippen LogP contribution in [0.5, 0.6) is 5.75 Å². The summed E-state index contributed by atoms with van der Waals surface area (Å²) < 4.78 is 5.45. The molecule has 1 aromatic carbocycles. The Morgan fingerprint density at radius 2 is 2.04 bits per heavy atom. The number of aliphatic hydroxyl groups excluding tert-OH is 1. The number of hydrogen-bond acceptors (Lipinski definition) is 3. The minimum atomic E-state index is -0.245. The van der Waals surface area contributed by atoms with Crippen LogP contribution in [0.25, 0.3) is 0 Å². The minimum absolute atomic E-state index is 0.0504. The highest BCUT2D eigenvalue weighted by molar-refractivity contribution is 5.41. The molecule has 3 saturated carbocycles. The Balaban J connectivity index is 1.34. The van der Waals surface area contributed by atoms with E-state index < -0.39 is 0 Å². The molecule has 0 amide bonds. The molecule has 0 spiro atoms. The quantitative estimate of drug-likeness (QED) is 0.835. The van der Waals surface area contributed by atoms with Gasteiger partial charge in [-0.3, -0.25) is 0 Å². The summed E-state index contributed by atoms with van der Waals surface area (Å²) in [5, 5.41) is 14.9. The van der Waals surface area contributed by atoms with Crippen LogP contribution in [-0.2, 0) is 6.42 Å². The van der Waals surface area contributed by atoms with E-state index >= 15 is 0 Å². The molecular formula is C25H32NO2. The van der Waals surface area contributed by atoms with E-state index in [-0.39, 0.29) is 17.6 Å². The van der Waals surface area contributed by atoms with Crippen molar-refractivity contribution in [1.82, 2.24) is 5.32 Å². The maximum Gasteiger partial charge on any atom is 0.119 e. The van der Waals surface area contributed by atoms with E-state index in [9.17, 15) is 5.11 Å². The van der Waals surface area contributed by atoms with E-state index in [0.717, 1.165) is 31.6 Å². The topological polar surface area (TPSA) is 41.5 Å². The van der Waals surface area contributed by atoms with Crippen LogP contribution in [0.15, 0.2) is 18.2 Å². The smallest absolute Gasteiger partial charge is 0.119 e. The number of hydrogen-bond donors (Lipinski definition) is 2. The highest BCUT2D eigenvalue weighted by Crippen LogP contribution is 2.61. The monoisotopic (exact) mass is 378 g/mol. The molecule has 2 N–H and O–H groups in total. The molecule has 4 aliphatic rings. The average Bonchev–Trinajstić information content (AvgIpc) is 3.32. The largest absolute Gasteiger partial charge is 0.497 e. The predicted octanol–water partition coefficient (Wildman–Crippen LogP) is 3.89. The van der Waals surface area contributed by atoms with E-state index in [2.05, 4.69) is 56.1 Å². The Morgan fingerprint density at radius 3 is 2.82 bits per heavy atom. The Labute approximate surface area is 170 Å². The van der Waals surface area contributed by atoms with Gasteiger partial charge in [-0.1, -0.05) is 13.0 Å². The number of fused-ring (bicyclic) bond motifs is 5. The number of rotatable bonds is 4. The van der Waals surface area contributed by atoms with E-state index in [4.69, 9.17) is 4.74 Å². The number of benzene rings is 1. The number of aliphatic hydroxyl groups is 1. The molecule has 149 valence electrons. The van der Waals surface area contributed by atoms with Gasteiger partial charge in [0.2, 0.25) is 0 Å². The normalized spacial score (nSPS) is 40.0. The third-order valence-electron chi connectivity index (χ3n) is 8.24. The van der Waals surface area contributed by atoms with Gasteiger partial charge in [0.25, 0.3) is 0 Å². The van der Waals surface area contributed by atoms with Crippen LogP contribution in [0, 0.1) is 48.9 Å². The fraction of sp³-hybridized carbons (Fsp3) is 0.560. The van der Waals surface area contributed by atoms with Crippen LogP contribution < -0.4 is 10.1 Å². The van der Waals surface area contributed by atoms with Gasteiger partial charge in [-0.2, -0.15) is 0 Å². The molecule has 3 nitrogen and oxygen atoms in total. The van der Waals surface area contributed by atoms with Crippen molar-refractivity contribution in [3.63, 3.8) is 0 Å². The molecule has 0 aromatic heterocycles. The van der Waals surface area contributed by atoms with E-state index in [1.165, 1.54) is 24.3 Å². The van der Waals surface area contributed by atoms with Gasteiger partial charge in [-0.05, 0) is 110 Å². The van der Waals surface area contributed by atoms with Crippen LogP contribution in [0.4, 0.5) is 0 Å². The lowest BCUT2D eigenvalue weighted by Gasteiger charge is -2.50. The lowest BCUT2D eigenvalue weighted by molar-refractivity contribution is -0.0278. The third kappa shape index (κ3) is 3.01. The van der Waals surface area contributed by atoms with Crippen LogP contribution in [0.3, 0.4) is 0 Å². The van der Waals surface area contributed by atoms with E-state index in [1.54, 1.807) is 12.7 Å². The summed E-state index contributed by atoms with van der Waals surface area (Å²) in [5.41, 5.74) is 3.07. The Morgan fingerprint density at radius 1 is 1.21 bits per heavy atom. The SMILES string of the molecule is COc1ccc2c(c1)CC[C@@H]1[C@@H]2CC[C@]2(C)[C@@H](O)[C@@H](NC[C]3[CH][CH][CH][CH]3)C[C@@H]12. The molecule has 28 heavy (non-hydrogen) atoms. The van der Waals surface area contributed by atoms with Crippen LogP contribution in [-0.4, -0.2) is 30.9 Å². The Bertz CT molecular complexity index is 712. The summed E-state index contributed by atoms with van der Waals surface area (Å²) in [6.07, 6.45) is 14.1. The molecule has 0 unspecified atom stereocenters. The fourth-order valence-electron chi connectivity index (χ4n) is 6.68. The number of ether oxygens (including phenoxy) is 1. The first-order chi connectivity index (χ1) is 13.6. The summed E-state index contributed by atoms with van der Waals surface area (Å²) in [6.45, 7) is 3.21. The van der Waals surface area contributed by atoms with Crippen LogP contribution >= 0.6 is 0 Å². The van der Waals surface area contributed by atoms with Crippen molar-refractivity contribution < 1.29 is 9.84 Å². The molecule has 0 heterocycles. The first-order valence-corrected chi connectivity index (χ1v) is 10.9. The zero-order valence-electron chi connectivity index (χ0n) is 17.0. The van der Waals surface area contributed by atoms with Gasteiger partial charge >= 0.3 is 0 Å². The van der Waals surface area contributed by atoms with Gasteiger partial charge in [0.15, 0.2) is 0 Å². The van der Waals surface area contributed by atoms with Crippen molar-refractivity contribution in [2.45, 2.75) is 57.1 Å². The zero-order chi connectivity index (χ0) is 19.3. The molecule has 0 bridgehead atoms. The molecular weight excluding hydrogens is 346 g/mol. The Hall–Kier alpha value is -1.06. The molecule has 0 aliphatic heterocycles. The molecule has 3 fully saturated rings. The van der Waals surface area contributed by atoms with Gasteiger partial charge in [0.05, 0.1) is 13.2 Å². The maximum absolute atomic E-state index is 11.2. The maximum atomic E-state index is 11.2. The fourth-order valence-corrected chi connectivity index (χ4v) is 6.68. The lowest BCUT2D eigenvalue weighted by atomic mass is 9.55. The third-order valence-corrected chi connectivity index (χ3v) is 8.24. The van der Waals surface area contributed by atoms with Crippen molar-refractivity contribution in [1.29, 1.82) is 0 Å². The van der Waals surface area contributed by atoms with Crippen molar-refractivity contribution in [3.8, 4) is 5.75 Å². The molecule has 5 rings (SSSR count). The molecule has 3 heteroatoms. The van der Waals surface area contributed by atoms with Crippen molar-refractivity contribution >= 4 is 0 Å². The van der Waals surface area contributed by atoms with Gasteiger partial charge in [-0.15, -0.1) is 0 Å². The summed E-state index contributed by atoms with van der Waals surface area (Å²) in [4.78, 5) is 0. The molecule has 4 aliphatic carbocycles. The van der Waals surface area contributed by atoms with Crippen LogP contribution in [0.2, 0.25) is 0 Å². The first-order valence-electron chi connectivity index (χ1n) is 10.9. The predicted molar refractivity (Wildman–Crippen MR) is 111 cm³/mol. The van der Waals surface area contributed by atoms with Crippen molar-refractivity contribution in [2.75, 3.05) is 13.7 Å². The zero-order valence-corrected chi connectivity index (χ0v) is 17.0. The van der Waals surface area contributed by atoms with Crippen molar-refractivity contribution in [3.05, 3.63) is 60.9 Å². The molecule has 0 saturated heterocycles. The van der Waals surface area contributed by atoms with E-state index in [0.29, 0.717) is 17.8 Å². The second kappa shape index (κ2) is 7.32. The number of aryl methyl sites for hydroxylation is 1. The standard InChI is InChI=1S/C25H32NO2/c1-25-12-11-20-19-10-8-18(28-2)13-17(19)7-9-21(20)22(25)14-23(24(25)27)26-15-16-5-3-4-6-16/h3-6,8,10,13,20-24,26-27H,7,9,11-12,14-15H2,1-2H3/t20-,21-,22+,23+,24+,25+/m1/s1. The number of nitrogens with one attached hydrogen (secondary N) is 1.